The van der Waals surface area contributed by atoms with Crippen molar-refractivity contribution in [2.75, 3.05) is 13.1 Å². The van der Waals surface area contributed by atoms with Gasteiger partial charge in [-0.1, -0.05) is 23.8 Å². The standard InChI is InChI=1S/C13H20N2/c1-10-3-4-11(2)12(7-10)9-15-6-5-13(15)8-14/h3-4,7,13H,5-6,8-9,14H2,1-2H3. The molecule has 0 spiro atoms. The molecular weight excluding hydrogens is 184 g/mol. The molecule has 1 heterocycles. The zero-order chi connectivity index (χ0) is 10.8. The van der Waals surface area contributed by atoms with E-state index in [4.69, 9.17) is 5.73 Å². The Bertz CT molecular complexity index is 344. The Morgan fingerprint density at radius 3 is 2.80 bits per heavy atom. The largest absolute Gasteiger partial charge is 0.329 e. The Balaban J connectivity index is 2.07. The lowest BCUT2D eigenvalue weighted by Crippen LogP contribution is -2.50. The van der Waals surface area contributed by atoms with Crippen LogP contribution in [0, 0.1) is 13.8 Å². The van der Waals surface area contributed by atoms with E-state index in [0.29, 0.717) is 6.04 Å². The number of nitrogens with zero attached hydrogens (tertiary/aromatic N) is 1. The first-order valence-corrected chi connectivity index (χ1v) is 5.71. The van der Waals surface area contributed by atoms with Crippen molar-refractivity contribution in [3.8, 4) is 0 Å². The molecule has 1 aromatic carbocycles. The zero-order valence-electron chi connectivity index (χ0n) is 9.66. The normalized spacial score (nSPS) is 21.4. The molecule has 82 valence electrons. The number of likely N-dealkylation sites (tertiary alicyclic amines) is 1. The highest BCUT2D eigenvalue weighted by atomic mass is 15.2. The number of rotatable bonds is 3. The molecule has 1 unspecified atom stereocenters. The van der Waals surface area contributed by atoms with E-state index < -0.39 is 0 Å². The number of hydrogen-bond acceptors (Lipinski definition) is 2. The van der Waals surface area contributed by atoms with Gasteiger partial charge >= 0.3 is 0 Å². The van der Waals surface area contributed by atoms with E-state index in [-0.39, 0.29) is 0 Å². The molecule has 15 heavy (non-hydrogen) atoms. The molecule has 1 atom stereocenters. The first-order chi connectivity index (χ1) is 7.20. The molecule has 1 aliphatic heterocycles. The molecule has 2 heteroatoms. The van der Waals surface area contributed by atoms with Crippen molar-refractivity contribution in [1.82, 2.24) is 4.90 Å². The second-order valence-electron chi connectivity index (χ2n) is 4.58. The summed E-state index contributed by atoms with van der Waals surface area (Å²) in [5, 5.41) is 0. The van der Waals surface area contributed by atoms with E-state index in [0.717, 1.165) is 13.1 Å². The first kappa shape index (κ1) is 10.7. The van der Waals surface area contributed by atoms with Crippen molar-refractivity contribution in [3.63, 3.8) is 0 Å². The molecule has 0 bridgehead atoms. The van der Waals surface area contributed by atoms with Crippen molar-refractivity contribution in [3.05, 3.63) is 34.9 Å². The summed E-state index contributed by atoms with van der Waals surface area (Å²) in [5.41, 5.74) is 9.90. The van der Waals surface area contributed by atoms with Crippen LogP contribution in [-0.2, 0) is 6.54 Å². The average molecular weight is 204 g/mol. The fourth-order valence-corrected chi connectivity index (χ4v) is 2.16. The number of aryl methyl sites for hydroxylation is 2. The third-order valence-electron chi connectivity index (χ3n) is 3.42. The van der Waals surface area contributed by atoms with Crippen LogP contribution >= 0.6 is 0 Å². The molecule has 0 saturated carbocycles. The fraction of sp³-hybridized carbons (Fsp3) is 0.538. The Morgan fingerprint density at radius 1 is 1.40 bits per heavy atom. The number of hydrogen-bond donors (Lipinski definition) is 1. The third-order valence-corrected chi connectivity index (χ3v) is 3.42. The summed E-state index contributed by atoms with van der Waals surface area (Å²) in [6.07, 6.45) is 1.27. The first-order valence-electron chi connectivity index (χ1n) is 5.71. The van der Waals surface area contributed by atoms with Gasteiger partial charge in [0, 0.05) is 25.7 Å². The predicted octanol–water partition coefficient (Wildman–Crippen LogP) is 1.84. The van der Waals surface area contributed by atoms with Crippen molar-refractivity contribution in [2.24, 2.45) is 5.73 Å². The van der Waals surface area contributed by atoms with Gasteiger partial charge in [-0.15, -0.1) is 0 Å². The van der Waals surface area contributed by atoms with Gasteiger partial charge in [0.2, 0.25) is 0 Å². The maximum Gasteiger partial charge on any atom is 0.0239 e. The van der Waals surface area contributed by atoms with Crippen molar-refractivity contribution in [2.45, 2.75) is 32.9 Å². The van der Waals surface area contributed by atoms with Crippen LogP contribution in [0.25, 0.3) is 0 Å². The second-order valence-corrected chi connectivity index (χ2v) is 4.58. The SMILES string of the molecule is Cc1ccc(C)c(CN2CCC2CN)c1. The van der Waals surface area contributed by atoms with Crippen LogP contribution < -0.4 is 5.73 Å². The van der Waals surface area contributed by atoms with Crippen LogP contribution in [0.4, 0.5) is 0 Å². The Morgan fingerprint density at radius 2 is 2.20 bits per heavy atom. The summed E-state index contributed by atoms with van der Waals surface area (Å²) in [5.74, 6) is 0. The minimum atomic E-state index is 0.616. The van der Waals surface area contributed by atoms with Crippen molar-refractivity contribution in [1.29, 1.82) is 0 Å². The van der Waals surface area contributed by atoms with Crippen LogP contribution in [0.2, 0.25) is 0 Å². The molecule has 2 N–H and O–H groups in total. The van der Waals surface area contributed by atoms with E-state index in [1.807, 2.05) is 0 Å². The second kappa shape index (κ2) is 4.33. The molecule has 0 radical (unpaired) electrons. The van der Waals surface area contributed by atoms with E-state index in [1.54, 1.807) is 0 Å². The Kier molecular flexibility index (Phi) is 3.08. The summed E-state index contributed by atoms with van der Waals surface area (Å²) in [7, 11) is 0. The van der Waals surface area contributed by atoms with Gasteiger partial charge in [0.25, 0.3) is 0 Å². The van der Waals surface area contributed by atoms with E-state index in [2.05, 4.69) is 36.9 Å². The molecule has 0 amide bonds. The summed E-state index contributed by atoms with van der Waals surface area (Å²) >= 11 is 0. The molecule has 0 aromatic heterocycles. The van der Waals surface area contributed by atoms with E-state index in [9.17, 15) is 0 Å². The van der Waals surface area contributed by atoms with Gasteiger partial charge in [-0.25, -0.2) is 0 Å². The molecule has 1 saturated heterocycles. The maximum absolute atomic E-state index is 5.70. The number of nitrogens with two attached hydrogens (primary N) is 1. The lowest BCUT2D eigenvalue weighted by Gasteiger charge is -2.40. The van der Waals surface area contributed by atoms with Crippen LogP contribution in [0.5, 0.6) is 0 Å². The highest BCUT2D eigenvalue weighted by Gasteiger charge is 2.26. The summed E-state index contributed by atoms with van der Waals surface area (Å²) in [6, 6.07) is 7.29. The highest BCUT2D eigenvalue weighted by molar-refractivity contribution is 5.30. The smallest absolute Gasteiger partial charge is 0.0239 e. The lowest BCUT2D eigenvalue weighted by molar-refractivity contribution is 0.0880. The Hall–Kier alpha value is -0.860. The molecule has 1 fully saturated rings. The van der Waals surface area contributed by atoms with E-state index >= 15 is 0 Å². The minimum Gasteiger partial charge on any atom is -0.329 e. The molecule has 2 rings (SSSR count). The molecule has 1 aliphatic rings. The van der Waals surface area contributed by atoms with Gasteiger partial charge < -0.3 is 5.73 Å². The van der Waals surface area contributed by atoms with Crippen LogP contribution in [0.1, 0.15) is 23.1 Å². The summed E-state index contributed by atoms with van der Waals surface area (Å²) in [6.45, 7) is 7.40. The van der Waals surface area contributed by atoms with Crippen molar-refractivity contribution < 1.29 is 0 Å². The van der Waals surface area contributed by atoms with Gasteiger partial charge in [-0.3, -0.25) is 4.90 Å². The van der Waals surface area contributed by atoms with Crippen molar-refractivity contribution >= 4 is 0 Å². The van der Waals surface area contributed by atoms with E-state index in [1.165, 1.54) is 29.7 Å². The maximum atomic E-state index is 5.70. The minimum absolute atomic E-state index is 0.616. The van der Waals surface area contributed by atoms with Gasteiger partial charge in [-0.2, -0.15) is 0 Å². The van der Waals surface area contributed by atoms with Crippen LogP contribution in [-0.4, -0.2) is 24.0 Å². The monoisotopic (exact) mass is 204 g/mol. The van der Waals surface area contributed by atoms with Crippen LogP contribution in [0.3, 0.4) is 0 Å². The number of benzene rings is 1. The molecule has 2 nitrogen and oxygen atoms in total. The quantitative estimate of drug-likeness (QED) is 0.814. The Labute approximate surface area is 92.1 Å². The average Bonchev–Trinajstić information content (AvgIpc) is 2.18. The van der Waals surface area contributed by atoms with Gasteiger partial charge in [-0.05, 0) is 31.4 Å². The molecule has 1 aromatic rings. The van der Waals surface area contributed by atoms with Crippen LogP contribution in [0.15, 0.2) is 18.2 Å². The summed E-state index contributed by atoms with van der Waals surface area (Å²) in [4.78, 5) is 2.47. The molecular formula is C13H20N2. The fourth-order valence-electron chi connectivity index (χ4n) is 2.16. The molecule has 0 aliphatic carbocycles. The van der Waals surface area contributed by atoms with Gasteiger partial charge in [0.15, 0.2) is 0 Å². The highest BCUT2D eigenvalue weighted by Crippen LogP contribution is 2.21. The van der Waals surface area contributed by atoms with Gasteiger partial charge in [0.1, 0.15) is 0 Å². The lowest BCUT2D eigenvalue weighted by atomic mass is 9.99. The summed E-state index contributed by atoms with van der Waals surface area (Å²) < 4.78 is 0. The third kappa shape index (κ3) is 2.21. The topological polar surface area (TPSA) is 29.3 Å². The zero-order valence-corrected chi connectivity index (χ0v) is 9.66. The van der Waals surface area contributed by atoms with Gasteiger partial charge in [0.05, 0.1) is 0 Å². The predicted molar refractivity (Wildman–Crippen MR) is 63.8 cm³/mol.